The minimum atomic E-state index is 0.0186. The highest BCUT2D eigenvalue weighted by atomic mass is 16.1. The molecule has 7 heteroatoms. The number of H-pyrrole nitrogens is 1. The van der Waals surface area contributed by atoms with E-state index < -0.39 is 0 Å². The number of rotatable bonds is 7. The maximum Gasteiger partial charge on any atom is 0.252 e. The fourth-order valence-electron chi connectivity index (χ4n) is 6.51. The normalized spacial score (nSPS) is 19.0. The number of fused-ring (bicyclic) bond motifs is 1. The molecule has 1 aromatic carbocycles. The van der Waals surface area contributed by atoms with Crippen molar-refractivity contribution in [1.29, 1.82) is 0 Å². The van der Waals surface area contributed by atoms with Gasteiger partial charge in [0, 0.05) is 29.1 Å². The van der Waals surface area contributed by atoms with Crippen LogP contribution in [0.25, 0.3) is 10.9 Å². The summed E-state index contributed by atoms with van der Waals surface area (Å²) in [5, 5.41) is 14.4. The molecule has 2 aromatic heterocycles. The van der Waals surface area contributed by atoms with E-state index in [4.69, 9.17) is 0 Å². The van der Waals surface area contributed by atoms with E-state index in [-0.39, 0.29) is 11.6 Å². The minimum absolute atomic E-state index is 0.0186. The molecule has 0 unspecified atom stereocenters. The highest BCUT2D eigenvalue weighted by Crippen LogP contribution is 2.35. The maximum atomic E-state index is 13.3. The molecule has 7 nitrogen and oxygen atoms in total. The van der Waals surface area contributed by atoms with Crippen molar-refractivity contribution in [2.24, 2.45) is 0 Å². The van der Waals surface area contributed by atoms with E-state index in [1.807, 2.05) is 0 Å². The highest BCUT2D eigenvalue weighted by molar-refractivity contribution is 5.83. The third-order valence-electron chi connectivity index (χ3n) is 8.31. The highest BCUT2D eigenvalue weighted by Gasteiger charge is 2.33. The van der Waals surface area contributed by atoms with Crippen LogP contribution in [0.1, 0.15) is 112 Å². The molecule has 0 aliphatic heterocycles. The number of nitrogens with zero attached hydrogens (tertiary/aromatic N) is 5. The summed E-state index contributed by atoms with van der Waals surface area (Å²) in [5.74, 6) is 0.981. The Morgan fingerprint density at radius 3 is 2.46 bits per heavy atom. The minimum Gasteiger partial charge on any atom is -0.322 e. The van der Waals surface area contributed by atoms with Crippen molar-refractivity contribution in [2.75, 3.05) is 0 Å². The van der Waals surface area contributed by atoms with E-state index in [0.717, 1.165) is 41.6 Å². The quantitative estimate of drug-likeness (QED) is 0.458. The average Bonchev–Trinajstić information content (AvgIpc) is 3.35. The zero-order valence-corrected chi connectivity index (χ0v) is 21.6. The van der Waals surface area contributed by atoms with Gasteiger partial charge in [-0.2, -0.15) is 0 Å². The fraction of sp³-hybridized carbons (Fsp3) is 0.643. The molecular formula is C28H40N6O. The number of hydrogen-bond donors (Lipinski definition) is 1. The Morgan fingerprint density at radius 1 is 1.03 bits per heavy atom. The average molecular weight is 477 g/mol. The topological polar surface area (TPSA) is 79.7 Å². The molecule has 2 saturated carbocycles. The fourth-order valence-corrected chi connectivity index (χ4v) is 6.51. The monoisotopic (exact) mass is 476 g/mol. The van der Waals surface area contributed by atoms with Crippen LogP contribution in [0, 0.1) is 13.8 Å². The van der Waals surface area contributed by atoms with Gasteiger partial charge in [-0.3, -0.25) is 9.69 Å². The largest absolute Gasteiger partial charge is 0.322 e. The predicted molar refractivity (Wildman–Crippen MR) is 139 cm³/mol. The zero-order valence-electron chi connectivity index (χ0n) is 21.6. The van der Waals surface area contributed by atoms with Gasteiger partial charge in [0.25, 0.3) is 5.56 Å². The Bertz CT molecular complexity index is 1200. The summed E-state index contributed by atoms with van der Waals surface area (Å²) in [6.45, 7) is 7.06. The van der Waals surface area contributed by atoms with Crippen LogP contribution in [-0.2, 0) is 6.54 Å². The number of aromatic amines is 1. The van der Waals surface area contributed by atoms with E-state index in [1.54, 1.807) is 0 Å². The van der Waals surface area contributed by atoms with Crippen LogP contribution in [0.4, 0.5) is 0 Å². The van der Waals surface area contributed by atoms with E-state index in [0.29, 0.717) is 18.6 Å². The van der Waals surface area contributed by atoms with E-state index >= 15 is 0 Å². The van der Waals surface area contributed by atoms with Gasteiger partial charge in [-0.1, -0.05) is 51.5 Å². The number of hydrogen-bond acceptors (Lipinski definition) is 5. The number of aryl methyl sites for hydroxylation is 2. The lowest BCUT2D eigenvalue weighted by molar-refractivity contribution is 0.0821. The van der Waals surface area contributed by atoms with Crippen molar-refractivity contribution in [3.05, 3.63) is 51.1 Å². The lowest BCUT2D eigenvalue weighted by atomic mass is 9.91. The summed E-state index contributed by atoms with van der Waals surface area (Å²) in [4.78, 5) is 19.0. The van der Waals surface area contributed by atoms with Gasteiger partial charge in [0.1, 0.15) is 0 Å². The molecule has 0 radical (unpaired) electrons. The molecule has 0 spiro atoms. The molecule has 5 rings (SSSR count). The smallest absolute Gasteiger partial charge is 0.252 e. The molecule has 2 heterocycles. The maximum absolute atomic E-state index is 13.3. The molecule has 2 fully saturated rings. The van der Waals surface area contributed by atoms with Crippen molar-refractivity contribution in [3.8, 4) is 0 Å². The number of nitrogens with one attached hydrogen (secondary N) is 1. The van der Waals surface area contributed by atoms with Crippen LogP contribution in [0.15, 0.2) is 23.0 Å². The third kappa shape index (κ3) is 5.06. The SMILES string of the molecule is CC[C@H](c1nnnn1C1CCCCC1)N(Cc1cc2c(C)cc(C)cc2[nH]c1=O)C1CCCCC1. The van der Waals surface area contributed by atoms with Gasteiger partial charge in [-0.05, 0) is 79.6 Å². The van der Waals surface area contributed by atoms with Gasteiger partial charge in [0.05, 0.1) is 12.1 Å². The van der Waals surface area contributed by atoms with Crippen LogP contribution < -0.4 is 5.56 Å². The lowest BCUT2D eigenvalue weighted by Gasteiger charge is -2.39. The molecule has 1 atom stereocenters. The molecule has 0 amide bonds. The second-order valence-corrected chi connectivity index (χ2v) is 10.8. The molecule has 0 bridgehead atoms. The Hall–Kier alpha value is -2.54. The molecule has 2 aliphatic carbocycles. The van der Waals surface area contributed by atoms with E-state index in [2.05, 4.69) is 69.1 Å². The third-order valence-corrected chi connectivity index (χ3v) is 8.31. The molecular weight excluding hydrogens is 436 g/mol. The van der Waals surface area contributed by atoms with Crippen LogP contribution >= 0.6 is 0 Å². The molecule has 35 heavy (non-hydrogen) atoms. The van der Waals surface area contributed by atoms with Crippen molar-refractivity contribution in [2.45, 2.75) is 116 Å². The summed E-state index contributed by atoms with van der Waals surface area (Å²) < 4.78 is 2.13. The lowest BCUT2D eigenvalue weighted by Crippen LogP contribution is -2.41. The van der Waals surface area contributed by atoms with E-state index in [1.165, 1.54) is 62.5 Å². The predicted octanol–water partition coefficient (Wildman–Crippen LogP) is 5.92. The standard InChI is InChI=1S/C28H40N6O/c1-4-26(27-30-31-32-34(27)23-13-9-6-10-14-23)33(22-11-7-5-8-12-22)18-21-17-24-20(3)15-19(2)16-25(24)29-28(21)35/h15-17,22-23,26H,4-14,18H2,1-3H3,(H,29,35)/t26-/m1/s1. The number of pyridine rings is 1. The Balaban J connectivity index is 1.53. The Labute approximate surface area is 208 Å². The number of benzene rings is 1. The second kappa shape index (κ2) is 10.6. The van der Waals surface area contributed by atoms with Gasteiger partial charge in [-0.25, -0.2) is 4.68 Å². The van der Waals surface area contributed by atoms with Crippen molar-refractivity contribution < 1.29 is 0 Å². The van der Waals surface area contributed by atoms with Gasteiger partial charge in [0.2, 0.25) is 0 Å². The first-order chi connectivity index (χ1) is 17.0. The Morgan fingerprint density at radius 2 is 1.74 bits per heavy atom. The van der Waals surface area contributed by atoms with Gasteiger partial charge >= 0.3 is 0 Å². The first kappa shape index (κ1) is 24.2. The first-order valence-electron chi connectivity index (χ1n) is 13.7. The summed E-state index contributed by atoms with van der Waals surface area (Å²) in [6, 6.07) is 7.32. The number of tetrazole rings is 1. The van der Waals surface area contributed by atoms with Gasteiger partial charge in [-0.15, -0.1) is 5.10 Å². The first-order valence-corrected chi connectivity index (χ1v) is 13.7. The van der Waals surface area contributed by atoms with Gasteiger partial charge < -0.3 is 4.98 Å². The molecule has 188 valence electrons. The summed E-state index contributed by atoms with van der Waals surface area (Å²) in [7, 11) is 0. The molecule has 1 N–H and O–H groups in total. The summed E-state index contributed by atoms with van der Waals surface area (Å²) in [5.41, 5.74) is 4.15. The van der Waals surface area contributed by atoms with Crippen LogP contribution in [0.2, 0.25) is 0 Å². The van der Waals surface area contributed by atoms with Crippen LogP contribution in [-0.4, -0.2) is 36.1 Å². The van der Waals surface area contributed by atoms with Crippen molar-refractivity contribution in [1.82, 2.24) is 30.1 Å². The summed E-state index contributed by atoms with van der Waals surface area (Å²) >= 11 is 0. The van der Waals surface area contributed by atoms with E-state index in [9.17, 15) is 4.79 Å². The van der Waals surface area contributed by atoms with Crippen LogP contribution in [0.5, 0.6) is 0 Å². The van der Waals surface area contributed by atoms with Gasteiger partial charge in [0.15, 0.2) is 5.82 Å². The zero-order chi connectivity index (χ0) is 24.4. The summed E-state index contributed by atoms with van der Waals surface area (Å²) in [6.07, 6.45) is 13.2. The second-order valence-electron chi connectivity index (χ2n) is 10.8. The van der Waals surface area contributed by atoms with Crippen LogP contribution in [0.3, 0.4) is 0 Å². The molecule has 2 aliphatic rings. The Kier molecular flexibility index (Phi) is 7.32. The van der Waals surface area contributed by atoms with Crippen molar-refractivity contribution >= 4 is 10.9 Å². The van der Waals surface area contributed by atoms with Crippen molar-refractivity contribution in [3.63, 3.8) is 0 Å². The molecule has 0 saturated heterocycles. The molecule has 3 aromatic rings. The number of aromatic nitrogens is 5.